The van der Waals surface area contributed by atoms with Gasteiger partial charge in [0.15, 0.2) is 0 Å². The first kappa shape index (κ1) is 16.9. The van der Waals surface area contributed by atoms with E-state index in [0.717, 1.165) is 6.42 Å². The molecule has 2 rings (SSSR count). The molecule has 23 heavy (non-hydrogen) atoms. The summed E-state index contributed by atoms with van der Waals surface area (Å²) >= 11 is 0. The number of amides is 1. The Kier molecular flexibility index (Phi) is 6.50. The number of aromatic nitrogens is 2. The summed E-state index contributed by atoms with van der Waals surface area (Å²) in [7, 11) is 1.63. The number of benzene rings is 1. The number of carbonyl (C=O) groups excluding carboxylic acids is 1. The summed E-state index contributed by atoms with van der Waals surface area (Å²) < 4.78 is 4.93. The minimum absolute atomic E-state index is 0.223. The zero-order valence-electron chi connectivity index (χ0n) is 13.5. The second-order valence-corrected chi connectivity index (χ2v) is 5.23. The average molecular weight is 314 g/mol. The maximum Gasteiger partial charge on any atom is 0.271 e. The molecule has 2 N–H and O–H groups in total. The van der Waals surface area contributed by atoms with Crippen molar-refractivity contribution in [1.82, 2.24) is 15.3 Å². The number of rotatable bonds is 8. The van der Waals surface area contributed by atoms with Crippen LogP contribution in [0.4, 0.5) is 5.82 Å². The van der Waals surface area contributed by atoms with E-state index >= 15 is 0 Å². The van der Waals surface area contributed by atoms with E-state index in [1.807, 2.05) is 6.07 Å². The third-order valence-corrected chi connectivity index (χ3v) is 3.25. The van der Waals surface area contributed by atoms with Gasteiger partial charge in [-0.25, -0.2) is 9.97 Å². The van der Waals surface area contributed by atoms with E-state index in [-0.39, 0.29) is 5.91 Å². The number of aryl methyl sites for hydroxylation is 1. The number of ether oxygens (including phenoxy) is 1. The van der Waals surface area contributed by atoms with Crippen LogP contribution in [0.3, 0.4) is 0 Å². The van der Waals surface area contributed by atoms with Crippen molar-refractivity contribution in [2.75, 3.05) is 25.6 Å². The Morgan fingerprint density at radius 3 is 2.83 bits per heavy atom. The highest BCUT2D eigenvalue weighted by atomic mass is 16.5. The first-order valence-electron chi connectivity index (χ1n) is 7.57. The fraction of sp³-hybridized carbons (Fsp3) is 0.353. The smallest absolute Gasteiger partial charge is 0.271 e. The van der Waals surface area contributed by atoms with Crippen LogP contribution in [0.5, 0.6) is 0 Å². The molecule has 0 aliphatic rings. The third kappa shape index (κ3) is 5.67. The topological polar surface area (TPSA) is 76.1 Å². The highest BCUT2D eigenvalue weighted by Gasteiger charge is 2.07. The Bertz CT molecular complexity index is 629. The van der Waals surface area contributed by atoms with Crippen LogP contribution in [0.25, 0.3) is 0 Å². The summed E-state index contributed by atoms with van der Waals surface area (Å²) in [5.41, 5.74) is 2.70. The minimum Gasteiger partial charge on any atom is -0.385 e. The van der Waals surface area contributed by atoms with Crippen molar-refractivity contribution >= 4 is 11.7 Å². The number of hydrogen-bond acceptors (Lipinski definition) is 5. The molecule has 122 valence electrons. The highest BCUT2D eigenvalue weighted by molar-refractivity contribution is 5.91. The summed E-state index contributed by atoms with van der Waals surface area (Å²) in [5.74, 6) is 0.418. The molecule has 0 saturated heterocycles. The molecule has 1 heterocycles. The lowest BCUT2D eigenvalue weighted by Crippen LogP contribution is -2.26. The molecule has 1 aromatic heterocycles. The molecule has 1 aromatic carbocycles. The zero-order valence-corrected chi connectivity index (χ0v) is 13.5. The predicted molar refractivity (Wildman–Crippen MR) is 89.4 cm³/mol. The Labute approximate surface area is 136 Å². The van der Waals surface area contributed by atoms with E-state index in [9.17, 15) is 4.79 Å². The summed E-state index contributed by atoms with van der Waals surface area (Å²) in [6.07, 6.45) is 3.82. The van der Waals surface area contributed by atoms with E-state index in [2.05, 4.69) is 45.7 Å². The molecule has 2 aromatic rings. The van der Waals surface area contributed by atoms with Crippen molar-refractivity contribution in [3.63, 3.8) is 0 Å². The molecule has 0 aliphatic heterocycles. The van der Waals surface area contributed by atoms with Crippen molar-refractivity contribution in [3.8, 4) is 0 Å². The van der Waals surface area contributed by atoms with Crippen molar-refractivity contribution in [1.29, 1.82) is 0 Å². The summed E-state index contributed by atoms with van der Waals surface area (Å²) in [4.78, 5) is 20.2. The summed E-state index contributed by atoms with van der Waals surface area (Å²) in [6.45, 7) is 3.90. The van der Waals surface area contributed by atoms with E-state index in [1.54, 1.807) is 13.3 Å². The SMILES string of the molecule is COCCCNC(=O)c1cnc(NCc2cccc(C)c2)cn1. The van der Waals surface area contributed by atoms with Gasteiger partial charge in [0.25, 0.3) is 5.91 Å². The molecular formula is C17H22N4O2. The number of methoxy groups -OCH3 is 1. The number of hydrogen-bond donors (Lipinski definition) is 2. The predicted octanol–water partition coefficient (Wildman–Crippen LogP) is 2.16. The Balaban J connectivity index is 1.83. The first-order chi connectivity index (χ1) is 11.2. The van der Waals surface area contributed by atoms with Gasteiger partial charge in [-0.3, -0.25) is 4.79 Å². The second kappa shape index (κ2) is 8.85. The van der Waals surface area contributed by atoms with Crippen LogP contribution in [-0.2, 0) is 11.3 Å². The third-order valence-electron chi connectivity index (χ3n) is 3.25. The van der Waals surface area contributed by atoms with Crippen LogP contribution in [0.2, 0.25) is 0 Å². The van der Waals surface area contributed by atoms with Gasteiger partial charge in [-0.05, 0) is 18.9 Å². The highest BCUT2D eigenvalue weighted by Crippen LogP contribution is 2.07. The molecule has 6 heteroatoms. The largest absolute Gasteiger partial charge is 0.385 e. The molecule has 0 bridgehead atoms. The zero-order chi connectivity index (χ0) is 16.5. The van der Waals surface area contributed by atoms with Crippen molar-refractivity contribution in [2.24, 2.45) is 0 Å². The molecule has 0 spiro atoms. The molecule has 0 fully saturated rings. The second-order valence-electron chi connectivity index (χ2n) is 5.23. The van der Waals surface area contributed by atoms with Gasteiger partial charge in [0.1, 0.15) is 11.5 Å². The maximum absolute atomic E-state index is 11.9. The van der Waals surface area contributed by atoms with Crippen LogP contribution >= 0.6 is 0 Å². The van der Waals surface area contributed by atoms with Gasteiger partial charge in [-0.1, -0.05) is 29.8 Å². The summed E-state index contributed by atoms with van der Waals surface area (Å²) in [6, 6.07) is 8.25. The molecule has 0 atom stereocenters. The van der Waals surface area contributed by atoms with E-state index in [0.29, 0.717) is 31.2 Å². The van der Waals surface area contributed by atoms with Crippen LogP contribution in [0, 0.1) is 6.92 Å². The lowest BCUT2D eigenvalue weighted by molar-refractivity contribution is 0.0943. The fourth-order valence-corrected chi connectivity index (χ4v) is 2.06. The van der Waals surface area contributed by atoms with Crippen LogP contribution in [0.15, 0.2) is 36.7 Å². The van der Waals surface area contributed by atoms with Crippen molar-refractivity contribution < 1.29 is 9.53 Å². The monoisotopic (exact) mass is 314 g/mol. The lowest BCUT2D eigenvalue weighted by atomic mass is 10.1. The minimum atomic E-state index is -0.223. The van der Waals surface area contributed by atoms with E-state index < -0.39 is 0 Å². The average Bonchev–Trinajstić information content (AvgIpc) is 2.57. The molecule has 6 nitrogen and oxygen atoms in total. The molecule has 0 radical (unpaired) electrons. The molecule has 0 aliphatic carbocycles. The van der Waals surface area contributed by atoms with Crippen LogP contribution < -0.4 is 10.6 Å². The van der Waals surface area contributed by atoms with Crippen LogP contribution in [0.1, 0.15) is 28.0 Å². The van der Waals surface area contributed by atoms with Crippen molar-refractivity contribution in [2.45, 2.75) is 19.9 Å². The number of nitrogens with one attached hydrogen (secondary N) is 2. The number of carbonyl (C=O) groups is 1. The van der Waals surface area contributed by atoms with Gasteiger partial charge in [0.2, 0.25) is 0 Å². The number of nitrogens with zero attached hydrogens (tertiary/aromatic N) is 2. The quantitative estimate of drug-likeness (QED) is 0.730. The standard InChI is InChI=1S/C17H22N4O2/c1-13-5-3-6-14(9-13)10-20-16-12-19-15(11-21-16)17(22)18-7-4-8-23-2/h3,5-6,9,11-12H,4,7-8,10H2,1-2H3,(H,18,22)(H,20,21). The van der Waals surface area contributed by atoms with Crippen molar-refractivity contribution in [3.05, 3.63) is 53.5 Å². The van der Waals surface area contributed by atoms with Gasteiger partial charge in [-0.15, -0.1) is 0 Å². The Hall–Kier alpha value is -2.47. The molecule has 0 saturated carbocycles. The maximum atomic E-state index is 11.9. The Morgan fingerprint density at radius 2 is 2.13 bits per heavy atom. The molecular weight excluding hydrogens is 292 g/mol. The van der Waals surface area contributed by atoms with Crippen LogP contribution in [-0.4, -0.2) is 36.1 Å². The summed E-state index contributed by atoms with van der Waals surface area (Å²) in [5, 5.41) is 5.97. The van der Waals surface area contributed by atoms with Gasteiger partial charge in [0.05, 0.1) is 12.4 Å². The van der Waals surface area contributed by atoms with Gasteiger partial charge >= 0.3 is 0 Å². The molecule has 1 amide bonds. The van der Waals surface area contributed by atoms with Gasteiger partial charge in [0, 0.05) is 26.8 Å². The van der Waals surface area contributed by atoms with E-state index in [4.69, 9.17) is 4.74 Å². The fourth-order valence-electron chi connectivity index (χ4n) is 2.06. The normalized spacial score (nSPS) is 10.3. The Morgan fingerprint density at radius 1 is 1.26 bits per heavy atom. The van der Waals surface area contributed by atoms with Gasteiger partial charge in [-0.2, -0.15) is 0 Å². The molecule has 0 unspecified atom stereocenters. The number of anilines is 1. The van der Waals surface area contributed by atoms with Gasteiger partial charge < -0.3 is 15.4 Å². The first-order valence-corrected chi connectivity index (χ1v) is 7.57. The lowest BCUT2D eigenvalue weighted by Gasteiger charge is -2.07. The van der Waals surface area contributed by atoms with E-state index in [1.165, 1.54) is 17.3 Å².